The summed E-state index contributed by atoms with van der Waals surface area (Å²) in [6, 6.07) is 8.41. The Balaban J connectivity index is 2.17. The molecular weight excluding hydrogens is 231 g/mol. The Hall–Kier alpha value is -1.94. The third kappa shape index (κ3) is 3.05. The number of benzene rings is 1. The van der Waals surface area contributed by atoms with Crippen molar-refractivity contribution in [1.29, 1.82) is 0 Å². The molecule has 0 aliphatic carbocycles. The summed E-state index contributed by atoms with van der Waals surface area (Å²) >= 11 is 0. The average molecular weight is 246 g/mol. The predicted molar refractivity (Wildman–Crippen MR) is 68.2 cm³/mol. The summed E-state index contributed by atoms with van der Waals surface area (Å²) in [6.07, 6.45) is 1.69. The van der Waals surface area contributed by atoms with E-state index in [-0.39, 0.29) is 5.82 Å². The molecule has 4 heteroatoms. The zero-order chi connectivity index (χ0) is 13.0. The second kappa shape index (κ2) is 5.60. The molecule has 0 fully saturated rings. The summed E-state index contributed by atoms with van der Waals surface area (Å²) < 4.78 is 18.7. The van der Waals surface area contributed by atoms with E-state index in [9.17, 15) is 4.39 Å². The summed E-state index contributed by atoms with van der Waals surface area (Å²) in [5, 5.41) is 3.06. The van der Waals surface area contributed by atoms with Gasteiger partial charge in [-0.25, -0.2) is 9.37 Å². The Bertz CT molecular complexity index is 543. The highest BCUT2D eigenvalue weighted by atomic mass is 19.1. The van der Waals surface area contributed by atoms with Crippen molar-refractivity contribution >= 4 is 0 Å². The maximum Gasteiger partial charge on any atom is 0.219 e. The van der Waals surface area contributed by atoms with Gasteiger partial charge < -0.3 is 10.1 Å². The van der Waals surface area contributed by atoms with Crippen LogP contribution in [-0.2, 0) is 6.54 Å². The van der Waals surface area contributed by atoms with Crippen molar-refractivity contribution in [3.63, 3.8) is 0 Å². The lowest BCUT2D eigenvalue weighted by Crippen LogP contribution is -2.05. The van der Waals surface area contributed by atoms with Crippen LogP contribution in [0, 0.1) is 12.7 Å². The fourth-order valence-corrected chi connectivity index (χ4v) is 1.62. The molecule has 1 N–H and O–H groups in total. The van der Waals surface area contributed by atoms with E-state index in [1.807, 2.05) is 19.2 Å². The molecule has 0 atom stereocenters. The summed E-state index contributed by atoms with van der Waals surface area (Å²) in [6.45, 7) is 2.45. The topological polar surface area (TPSA) is 34.2 Å². The Morgan fingerprint density at radius 3 is 2.83 bits per heavy atom. The Kier molecular flexibility index (Phi) is 3.89. The zero-order valence-electron chi connectivity index (χ0n) is 10.4. The second-order valence-electron chi connectivity index (χ2n) is 4.05. The molecule has 18 heavy (non-hydrogen) atoms. The molecular formula is C14H15FN2O. The van der Waals surface area contributed by atoms with Gasteiger partial charge in [0, 0.05) is 18.8 Å². The fourth-order valence-electron chi connectivity index (χ4n) is 1.62. The van der Waals surface area contributed by atoms with Crippen molar-refractivity contribution in [2.75, 3.05) is 7.05 Å². The van der Waals surface area contributed by atoms with E-state index in [0.717, 1.165) is 12.1 Å². The summed E-state index contributed by atoms with van der Waals surface area (Å²) in [5.74, 6) is 0.857. The van der Waals surface area contributed by atoms with Crippen LogP contribution < -0.4 is 10.1 Å². The number of hydrogen-bond acceptors (Lipinski definition) is 3. The molecule has 3 nitrogen and oxygen atoms in total. The highest BCUT2D eigenvalue weighted by Crippen LogP contribution is 2.22. The quantitative estimate of drug-likeness (QED) is 0.900. The predicted octanol–water partition coefficient (Wildman–Crippen LogP) is 3.04. The number of nitrogens with one attached hydrogen (secondary N) is 1. The molecule has 94 valence electrons. The molecule has 0 bridgehead atoms. The van der Waals surface area contributed by atoms with E-state index in [0.29, 0.717) is 17.2 Å². The number of aryl methyl sites for hydroxylation is 1. The number of ether oxygens (including phenoxy) is 1. The van der Waals surface area contributed by atoms with Gasteiger partial charge >= 0.3 is 0 Å². The lowest BCUT2D eigenvalue weighted by Gasteiger charge is -2.07. The van der Waals surface area contributed by atoms with Crippen LogP contribution in [0.3, 0.4) is 0 Å². The fraction of sp³-hybridized carbons (Fsp3) is 0.214. The van der Waals surface area contributed by atoms with Gasteiger partial charge in [0.25, 0.3) is 0 Å². The maximum absolute atomic E-state index is 13.1. The Labute approximate surface area is 106 Å². The minimum atomic E-state index is -0.237. The van der Waals surface area contributed by atoms with E-state index in [4.69, 9.17) is 4.74 Å². The van der Waals surface area contributed by atoms with Crippen LogP contribution in [0.2, 0.25) is 0 Å². The first-order chi connectivity index (χ1) is 8.69. The van der Waals surface area contributed by atoms with Gasteiger partial charge in [-0.05, 0) is 49.4 Å². The van der Waals surface area contributed by atoms with Gasteiger partial charge in [-0.15, -0.1) is 0 Å². The highest BCUT2D eigenvalue weighted by Gasteiger charge is 2.03. The van der Waals surface area contributed by atoms with Crippen LogP contribution in [0.15, 0.2) is 36.5 Å². The van der Waals surface area contributed by atoms with E-state index in [1.54, 1.807) is 25.3 Å². The van der Waals surface area contributed by atoms with Gasteiger partial charge in [-0.1, -0.05) is 0 Å². The molecule has 0 saturated carbocycles. The summed E-state index contributed by atoms with van der Waals surface area (Å²) in [5.41, 5.74) is 1.64. The SMILES string of the molecule is CNCc1ccnc(Oc2ccc(F)c(C)c2)c1. The van der Waals surface area contributed by atoms with Crippen LogP contribution in [0.5, 0.6) is 11.6 Å². The molecule has 1 aromatic heterocycles. The van der Waals surface area contributed by atoms with Crippen molar-refractivity contribution < 1.29 is 9.13 Å². The molecule has 0 saturated heterocycles. The molecule has 0 aliphatic heterocycles. The Morgan fingerprint density at radius 1 is 1.28 bits per heavy atom. The molecule has 1 heterocycles. The number of nitrogens with zero attached hydrogens (tertiary/aromatic N) is 1. The van der Waals surface area contributed by atoms with Crippen LogP contribution in [-0.4, -0.2) is 12.0 Å². The van der Waals surface area contributed by atoms with E-state index < -0.39 is 0 Å². The number of halogens is 1. The van der Waals surface area contributed by atoms with Crippen LogP contribution in [0.1, 0.15) is 11.1 Å². The number of hydrogen-bond donors (Lipinski definition) is 1. The average Bonchev–Trinajstić information content (AvgIpc) is 2.35. The van der Waals surface area contributed by atoms with E-state index in [2.05, 4.69) is 10.3 Å². The molecule has 1 aromatic carbocycles. The molecule has 0 radical (unpaired) electrons. The standard InChI is InChI=1S/C14H15FN2O/c1-10-7-12(3-4-13(10)15)18-14-8-11(9-16-2)5-6-17-14/h3-8,16H,9H2,1-2H3. The van der Waals surface area contributed by atoms with Gasteiger partial charge in [0.2, 0.25) is 5.88 Å². The van der Waals surface area contributed by atoms with Crippen molar-refractivity contribution in [2.24, 2.45) is 0 Å². The van der Waals surface area contributed by atoms with Gasteiger partial charge in [0.05, 0.1) is 0 Å². The monoisotopic (exact) mass is 246 g/mol. The minimum absolute atomic E-state index is 0.237. The van der Waals surface area contributed by atoms with E-state index >= 15 is 0 Å². The van der Waals surface area contributed by atoms with E-state index in [1.165, 1.54) is 6.07 Å². The van der Waals surface area contributed by atoms with Gasteiger partial charge in [0.15, 0.2) is 0 Å². The van der Waals surface area contributed by atoms with Crippen LogP contribution in [0.4, 0.5) is 4.39 Å². The largest absolute Gasteiger partial charge is 0.439 e. The zero-order valence-corrected chi connectivity index (χ0v) is 10.4. The van der Waals surface area contributed by atoms with Crippen molar-refractivity contribution in [1.82, 2.24) is 10.3 Å². The van der Waals surface area contributed by atoms with Gasteiger partial charge in [0.1, 0.15) is 11.6 Å². The smallest absolute Gasteiger partial charge is 0.219 e. The number of rotatable bonds is 4. The summed E-state index contributed by atoms with van der Waals surface area (Å²) in [7, 11) is 1.88. The third-order valence-electron chi connectivity index (χ3n) is 2.53. The van der Waals surface area contributed by atoms with Crippen molar-refractivity contribution in [3.8, 4) is 11.6 Å². The maximum atomic E-state index is 13.1. The normalized spacial score (nSPS) is 10.4. The lowest BCUT2D eigenvalue weighted by molar-refractivity contribution is 0.459. The van der Waals surface area contributed by atoms with Crippen LogP contribution >= 0.6 is 0 Å². The molecule has 0 aliphatic rings. The first kappa shape index (κ1) is 12.5. The molecule has 2 rings (SSSR count). The summed E-state index contributed by atoms with van der Waals surface area (Å²) in [4.78, 5) is 4.13. The minimum Gasteiger partial charge on any atom is -0.439 e. The molecule has 0 spiro atoms. The lowest BCUT2D eigenvalue weighted by atomic mass is 10.2. The van der Waals surface area contributed by atoms with Gasteiger partial charge in [-0.2, -0.15) is 0 Å². The third-order valence-corrected chi connectivity index (χ3v) is 2.53. The first-order valence-corrected chi connectivity index (χ1v) is 5.72. The second-order valence-corrected chi connectivity index (χ2v) is 4.05. The Morgan fingerprint density at radius 2 is 2.11 bits per heavy atom. The first-order valence-electron chi connectivity index (χ1n) is 5.72. The molecule has 0 unspecified atom stereocenters. The number of aromatic nitrogens is 1. The van der Waals surface area contributed by atoms with Crippen molar-refractivity contribution in [2.45, 2.75) is 13.5 Å². The van der Waals surface area contributed by atoms with Crippen molar-refractivity contribution in [3.05, 3.63) is 53.5 Å². The molecule has 2 aromatic rings. The van der Waals surface area contributed by atoms with Crippen LogP contribution in [0.25, 0.3) is 0 Å². The molecule has 0 amide bonds. The van der Waals surface area contributed by atoms with Gasteiger partial charge in [-0.3, -0.25) is 0 Å². The number of pyridine rings is 1. The highest BCUT2D eigenvalue weighted by molar-refractivity contribution is 5.32.